The summed E-state index contributed by atoms with van der Waals surface area (Å²) in [4.78, 5) is 42.4. The number of carboxylic acids is 1. The van der Waals surface area contributed by atoms with E-state index in [0.717, 1.165) is 30.3 Å². The van der Waals surface area contributed by atoms with Crippen LogP contribution in [0.2, 0.25) is 0 Å². The first-order valence-corrected chi connectivity index (χ1v) is 15.5. The van der Waals surface area contributed by atoms with Crippen LogP contribution in [0.4, 0.5) is 24.1 Å². The van der Waals surface area contributed by atoms with Crippen LogP contribution in [-0.4, -0.2) is 82.8 Å². The molecule has 2 aromatic heterocycles. The van der Waals surface area contributed by atoms with Crippen molar-refractivity contribution in [2.24, 2.45) is 5.92 Å². The standard InChI is InChI=1S/C30H35F3N6O5S/c1-18-4-3-9-39(18)17-24-26(20-5-6-23(44-13-12-43-2)21(14-20)30(31,32)33)36-29(45-24)37-27(40)22-15-35-25(16-34-22)38-10-7-19(8-11-38)28(41)42/h5-6,14-16,18-19H,3-4,7-13,17H2,1-2H3,(H,41,42)(H,36,37,40)/t18-/m1/s1. The van der Waals surface area contributed by atoms with Crippen LogP contribution in [0, 0.1) is 5.92 Å². The van der Waals surface area contributed by atoms with E-state index >= 15 is 0 Å². The minimum atomic E-state index is -4.66. The Morgan fingerprint density at radius 2 is 1.89 bits per heavy atom. The summed E-state index contributed by atoms with van der Waals surface area (Å²) in [7, 11) is 1.44. The SMILES string of the molecule is COCCOc1ccc(-c2nc(NC(=O)c3cnc(N4CCC(C(=O)O)CC4)cn3)sc2CN2CCC[C@H]2C)cc1C(F)(F)F. The molecule has 5 rings (SSSR count). The number of thiazole rings is 1. The van der Waals surface area contributed by atoms with Gasteiger partial charge in [-0.05, 0) is 57.4 Å². The minimum absolute atomic E-state index is 0.0308. The zero-order chi connectivity index (χ0) is 32.1. The van der Waals surface area contributed by atoms with Crippen molar-refractivity contribution in [3.8, 4) is 17.0 Å². The summed E-state index contributed by atoms with van der Waals surface area (Å²) in [6.07, 6.45) is 1.20. The zero-order valence-electron chi connectivity index (χ0n) is 25.0. The van der Waals surface area contributed by atoms with Gasteiger partial charge in [0, 0.05) is 43.2 Å². The monoisotopic (exact) mass is 648 g/mol. The van der Waals surface area contributed by atoms with Crippen LogP contribution in [0.1, 0.15) is 53.5 Å². The van der Waals surface area contributed by atoms with Crippen molar-refractivity contribution >= 4 is 34.2 Å². The fourth-order valence-corrected chi connectivity index (χ4v) is 6.53. The molecule has 2 fully saturated rings. The minimum Gasteiger partial charge on any atom is -0.491 e. The third kappa shape index (κ3) is 7.89. The van der Waals surface area contributed by atoms with E-state index < -0.39 is 23.6 Å². The Hall–Kier alpha value is -3.82. The second-order valence-electron chi connectivity index (χ2n) is 11.1. The van der Waals surface area contributed by atoms with Gasteiger partial charge >= 0.3 is 12.1 Å². The molecule has 0 spiro atoms. The molecule has 2 aliphatic rings. The summed E-state index contributed by atoms with van der Waals surface area (Å²) in [5.41, 5.74) is -0.259. The molecule has 45 heavy (non-hydrogen) atoms. The van der Waals surface area contributed by atoms with Gasteiger partial charge in [0.05, 0.1) is 36.2 Å². The van der Waals surface area contributed by atoms with Crippen LogP contribution in [0.3, 0.4) is 0 Å². The van der Waals surface area contributed by atoms with Gasteiger partial charge in [0.1, 0.15) is 23.9 Å². The van der Waals surface area contributed by atoms with E-state index in [2.05, 4.69) is 32.1 Å². The second-order valence-corrected chi connectivity index (χ2v) is 12.2. The van der Waals surface area contributed by atoms with Crippen molar-refractivity contribution in [2.75, 3.05) is 50.2 Å². The predicted molar refractivity (Wildman–Crippen MR) is 162 cm³/mol. The number of piperidine rings is 1. The van der Waals surface area contributed by atoms with E-state index in [4.69, 9.17) is 9.47 Å². The number of aromatic nitrogens is 3. The number of hydrogen-bond donors (Lipinski definition) is 2. The number of likely N-dealkylation sites (tertiary alicyclic amines) is 1. The van der Waals surface area contributed by atoms with E-state index in [1.807, 2.05) is 4.90 Å². The van der Waals surface area contributed by atoms with Gasteiger partial charge in [0.15, 0.2) is 5.13 Å². The van der Waals surface area contributed by atoms with Gasteiger partial charge < -0.3 is 19.5 Å². The topological polar surface area (TPSA) is 130 Å². The lowest BCUT2D eigenvalue weighted by molar-refractivity contribution is -0.142. The number of hydrogen-bond acceptors (Lipinski definition) is 10. The number of nitrogens with one attached hydrogen (secondary N) is 1. The number of benzene rings is 1. The van der Waals surface area contributed by atoms with Crippen molar-refractivity contribution < 1.29 is 37.3 Å². The number of halogens is 3. The number of carbonyl (C=O) groups is 2. The molecule has 0 aliphatic carbocycles. The molecule has 1 amide bonds. The van der Waals surface area contributed by atoms with Crippen molar-refractivity contribution in [1.82, 2.24) is 19.9 Å². The Bertz CT molecular complexity index is 1490. The Balaban J connectivity index is 1.37. The van der Waals surface area contributed by atoms with Gasteiger partial charge in [0.25, 0.3) is 5.91 Å². The number of anilines is 2. The van der Waals surface area contributed by atoms with Crippen molar-refractivity contribution in [3.05, 3.63) is 46.7 Å². The molecule has 0 saturated carbocycles. The average Bonchev–Trinajstić information content (AvgIpc) is 3.62. The molecule has 0 unspecified atom stereocenters. The maximum Gasteiger partial charge on any atom is 0.419 e. The molecule has 3 aromatic rings. The molecule has 2 N–H and O–H groups in total. The first-order chi connectivity index (χ1) is 21.5. The largest absolute Gasteiger partial charge is 0.491 e. The van der Waals surface area contributed by atoms with Crippen LogP contribution in [0.15, 0.2) is 30.6 Å². The van der Waals surface area contributed by atoms with E-state index in [0.29, 0.717) is 50.0 Å². The smallest absolute Gasteiger partial charge is 0.419 e. The van der Waals surface area contributed by atoms with E-state index in [-0.39, 0.29) is 41.3 Å². The molecule has 2 saturated heterocycles. The van der Waals surface area contributed by atoms with Gasteiger partial charge in [-0.15, -0.1) is 0 Å². The first-order valence-electron chi connectivity index (χ1n) is 14.7. The predicted octanol–water partition coefficient (Wildman–Crippen LogP) is 5.18. The molecule has 4 heterocycles. The van der Waals surface area contributed by atoms with Gasteiger partial charge in [-0.25, -0.2) is 15.0 Å². The number of carbonyl (C=O) groups excluding carboxylic acids is 1. The van der Waals surface area contributed by atoms with Crippen molar-refractivity contribution in [1.29, 1.82) is 0 Å². The number of ether oxygens (including phenoxy) is 2. The van der Waals surface area contributed by atoms with Crippen molar-refractivity contribution in [2.45, 2.75) is 51.4 Å². The molecule has 1 aromatic carbocycles. The quantitative estimate of drug-likeness (QED) is 0.268. The third-order valence-corrected chi connectivity index (χ3v) is 9.05. The van der Waals surface area contributed by atoms with Crippen LogP contribution < -0.4 is 15.0 Å². The molecule has 2 aliphatic heterocycles. The summed E-state index contributed by atoms with van der Waals surface area (Å²) in [5, 5.41) is 12.2. The molecule has 0 bridgehead atoms. The normalized spacial score (nSPS) is 17.9. The number of alkyl halides is 3. The number of nitrogens with zero attached hydrogens (tertiary/aromatic N) is 5. The van der Waals surface area contributed by atoms with Gasteiger partial charge in [0.2, 0.25) is 0 Å². The Labute approximate surface area is 262 Å². The summed E-state index contributed by atoms with van der Waals surface area (Å²) < 4.78 is 52.4. The highest BCUT2D eigenvalue weighted by molar-refractivity contribution is 7.16. The highest BCUT2D eigenvalue weighted by atomic mass is 32.1. The number of carboxylic acid groups (broad SMARTS) is 1. The summed E-state index contributed by atoms with van der Waals surface area (Å²) >= 11 is 1.21. The maximum absolute atomic E-state index is 14.1. The van der Waals surface area contributed by atoms with Crippen LogP contribution in [0.5, 0.6) is 5.75 Å². The second kappa shape index (κ2) is 14.1. The fourth-order valence-electron chi connectivity index (χ4n) is 5.53. The maximum atomic E-state index is 14.1. The van der Waals surface area contributed by atoms with Gasteiger partial charge in [-0.3, -0.25) is 19.8 Å². The van der Waals surface area contributed by atoms with E-state index in [1.54, 1.807) is 6.07 Å². The summed E-state index contributed by atoms with van der Waals surface area (Å²) in [6, 6.07) is 4.17. The Morgan fingerprint density at radius 3 is 2.51 bits per heavy atom. The highest BCUT2D eigenvalue weighted by Crippen LogP contribution is 2.41. The number of rotatable bonds is 11. The van der Waals surface area contributed by atoms with Crippen LogP contribution in [0.25, 0.3) is 11.3 Å². The fraction of sp³-hybridized carbons (Fsp3) is 0.500. The van der Waals surface area contributed by atoms with Crippen LogP contribution >= 0.6 is 11.3 Å². The molecular weight excluding hydrogens is 613 g/mol. The number of amides is 1. The molecule has 11 nitrogen and oxygen atoms in total. The Kier molecular flexibility index (Phi) is 10.2. The number of methoxy groups -OCH3 is 1. The molecule has 0 radical (unpaired) electrons. The summed E-state index contributed by atoms with van der Waals surface area (Å²) in [6.45, 7) is 4.60. The Morgan fingerprint density at radius 1 is 1.11 bits per heavy atom. The van der Waals surface area contributed by atoms with Crippen LogP contribution in [-0.2, 0) is 22.3 Å². The zero-order valence-corrected chi connectivity index (χ0v) is 25.8. The first kappa shape index (κ1) is 32.6. The lowest BCUT2D eigenvalue weighted by atomic mass is 9.97. The highest BCUT2D eigenvalue weighted by Gasteiger charge is 2.35. The molecule has 15 heteroatoms. The molecular formula is C30H35F3N6O5S. The van der Waals surface area contributed by atoms with Gasteiger partial charge in [-0.2, -0.15) is 13.2 Å². The summed E-state index contributed by atoms with van der Waals surface area (Å²) in [5.74, 6) is -1.49. The molecule has 242 valence electrons. The van der Waals surface area contributed by atoms with E-state index in [1.165, 1.54) is 36.9 Å². The van der Waals surface area contributed by atoms with E-state index in [9.17, 15) is 27.9 Å². The lowest BCUT2D eigenvalue weighted by Crippen LogP contribution is -2.36. The molecule has 1 atom stereocenters. The average molecular weight is 649 g/mol. The lowest BCUT2D eigenvalue weighted by Gasteiger charge is -2.30. The number of aliphatic carboxylic acids is 1. The van der Waals surface area contributed by atoms with Crippen molar-refractivity contribution in [3.63, 3.8) is 0 Å². The van der Waals surface area contributed by atoms with Gasteiger partial charge in [-0.1, -0.05) is 11.3 Å². The third-order valence-electron chi connectivity index (χ3n) is 8.10.